The van der Waals surface area contributed by atoms with E-state index in [1.807, 2.05) is 18.2 Å². The normalized spacial score (nSPS) is 24.7. The van der Waals surface area contributed by atoms with Crippen molar-refractivity contribution in [2.45, 2.75) is 25.3 Å². The lowest BCUT2D eigenvalue weighted by atomic mass is 9.76. The number of anilines is 1. The lowest BCUT2D eigenvalue weighted by Gasteiger charge is -2.38. The summed E-state index contributed by atoms with van der Waals surface area (Å²) < 4.78 is 5.28. The summed E-state index contributed by atoms with van der Waals surface area (Å²) in [6.45, 7) is 2.10. The minimum atomic E-state index is 0.297. The van der Waals surface area contributed by atoms with Gasteiger partial charge in [0.25, 0.3) is 0 Å². The molecule has 1 aliphatic heterocycles. The molecular formula is C20H20ClNO. The maximum atomic E-state index is 6.35. The van der Waals surface area contributed by atoms with E-state index >= 15 is 0 Å². The van der Waals surface area contributed by atoms with Crippen LogP contribution in [0.3, 0.4) is 0 Å². The molecule has 3 unspecified atom stereocenters. The third-order valence-electron chi connectivity index (χ3n) is 5.21. The molecule has 0 radical (unpaired) electrons. The summed E-state index contributed by atoms with van der Waals surface area (Å²) in [5.74, 6) is 1.91. The summed E-state index contributed by atoms with van der Waals surface area (Å²) in [6.07, 6.45) is 5.77. The van der Waals surface area contributed by atoms with E-state index in [9.17, 15) is 0 Å². The second-order valence-corrected chi connectivity index (χ2v) is 6.79. The molecule has 118 valence electrons. The predicted molar refractivity (Wildman–Crippen MR) is 95.5 cm³/mol. The number of allylic oxidation sites excluding steroid dienone is 2. The van der Waals surface area contributed by atoms with Crippen LogP contribution in [0.15, 0.2) is 48.6 Å². The summed E-state index contributed by atoms with van der Waals surface area (Å²) >= 11 is 6.35. The van der Waals surface area contributed by atoms with E-state index in [0.29, 0.717) is 17.9 Å². The molecule has 3 heteroatoms. The average Bonchev–Trinajstić information content (AvgIpc) is 3.07. The first-order valence-electron chi connectivity index (χ1n) is 8.05. The Morgan fingerprint density at radius 3 is 2.65 bits per heavy atom. The van der Waals surface area contributed by atoms with Gasteiger partial charge in [0.1, 0.15) is 5.75 Å². The molecule has 1 N–H and O–H groups in total. The smallest absolute Gasteiger partial charge is 0.118 e. The number of rotatable bonds is 2. The van der Waals surface area contributed by atoms with Gasteiger partial charge in [0.2, 0.25) is 0 Å². The average molecular weight is 326 g/mol. The Morgan fingerprint density at radius 2 is 1.91 bits per heavy atom. The fraction of sp³-hybridized carbons (Fsp3) is 0.300. The first-order chi connectivity index (χ1) is 11.2. The second-order valence-electron chi connectivity index (χ2n) is 6.39. The zero-order chi connectivity index (χ0) is 16.0. The van der Waals surface area contributed by atoms with Gasteiger partial charge in [0.15, 0.2) is 0 Å². The molecule has 0 amide bonds. The lowest BCUT2D eigenvalue weighted by molar-refractivity contribution is 0.411. The highest BCUT2D eigenvalue weighted by Gasteiger charge is 2.38. The maximum Gasteiger partial charge on any atom is 0.118 e. The highest BCUT2D eigenvalue weighted by molar-refractivity contribution is 6.31. The number of hydrogen-bond donors (Lipinski definition) is 1. The standard InChI is InChI=1S/C20H20ClNO/c1-12-18(21)11-10-17-15-4-3-5-16(15)20(22-19(12)17)13-6-8-14(23-2)9-7-13/h3-4,6-11,15-16,20,22H,5H2,1-2H3. The molecule has 0 spiro atoms. The number of halogens is 1. The highest BCUT2D eigenvalue weighted by atomic mass is 35.5. The summed E-state index contributed by atoms with van der Waals surface area (Å²) in [5.41, 5.74) is 5.01. The minimum Gasteiger partial charge on any atom is -0.497 e. The van der Waals surface area contributed by atoms with Gasteiger partial charge in [-0.25, -0.2) is 0 Å². The summed E-state index contributed by atoms with van der Waals surface area (Å²) in [4.78, 5) is 0. The molecule has 0 saturated carbocycles. The van der Waals surface area contributed by atoms with E-state index in [2.05, 4.69) is 42.6 Å². The van der Waals surface area contributed by atoms with Crippen LogP contribution in [0, 0.1) is 12.8 Å². The summed E-state index contributed by atoms with van der Waals surface area (Å²) in [7, 11) is 1.70. The first-order valence-corrected chi connectivity index (χ1v) is 8.43. The Bertz CT molecular complexity index is 766. The van der Waals surface area contributed by atoms with Gasteiger partial charge < -0.3 is 10.1 Å². The predicted octanol–water partition coefficient (Wildman–Crippen LogP) is 5.48. The molecule has 2 aliphatic rings. The molecule has 0 bridgehead atoms. The number of fused-ring (bicyclic) bond motifs is 3. The number of nitrogens with one attached hydrogen (secondary N) is 1. The van der Waals surface area contributed by atoms with Crippen LogP contribution in [0.1, 0.15) is 35.1 Å². The zero-order valence-corrected chi connectivity index (χ0v) is 14.1. The van der Waals surface area contributed by atoms with Crippen LogP contribution in [-0.4, -0.2) is 7.11 Å². The Labute approximate surface area is 142 Å². The molecule has 0 fully saturated rings. The second kappa shape index (κ2) is 5.61. The first kappa shape index (κ1) is 14.6. The Balaban J connectivity index is 1.78. The largest absolute Gasteiger partial charge is 0.497 e. The van der Waals surface area contributed by atoms with Crippen molar-refractivity contribution < 1.29 is 4.74 Å². The van der Waals surface area contributed by atoms with Crippen LogP contribution in [-0.2, 0) is 0 Å². The van der Waals surface area contributed by atoms with E-state index in [-0.39, 0.29) is 0 Å². The van der Waals surface area contributed by atoms with Gasteiger partial charge in [-0.15, -0.1) is 0 Å². The number of hydrogen-bond acceptors (Lipinski definition) is 2. The topological polar surface area (TPSA) is 21.3 Å². The van der Waals surface area contributed by atoms with Crippen LogP contribution < -0.4 is 10.1 Å². The SMILES string of the molecule is COc1ccc(C2Nc3c(ccc(Cl)c3C)C3C=CCC32)cc1. The molecule has 4 rings (SSSR count). The van der Waals surface area contributed by atoms with Crippen LogP contribution in [0.25, 0.3) is 0 Å². The van der Waals surface area contributed by atoms with Crippen molar-refractivity contribution in [1.29, 1.82) is 0 Å². The van der Waals surface area contributed by atoms with E-state index in [4.69, 9.17) is 16.3 Å². The van der Waals surface area contributed by atoms with Gasteiger partial charge in [0.05, 0.1) is 13.2 Å². The Hall–Kier alpha value is -1.93. The fourth-order valence-corrected chi connectivity index (χ4v) is 4.09. The van der Waals surface area contributed by atoms with Crippen molar-refractivity contribution >= 4 is 17.3 Å². The van der Waals surface area contributed by atoms with Crippen molar-refractivity contribution in [3.63, 3.8) is 0 Å². The summed E-state index contributed by atoms with van der Waals surface area (Å²) in [6, 6.07) is 12.9. The third-order valence-corrected chi connectivity index (χ3v) is 5.62. The number of ether oxygens (including phenoxy) is 1. The van der Waals surface area contributed by atoms with Gasteiger partial charge >= 0.3 is 0 Å². The number of benzene rings is 2. The number of methoxy groups -OCH3 is 1. The van der Waals surface area contributed by atoms with Crippen LogP contribution >= 0.6 is 11.6 Å². The molecule has 0 aromatic heterocycles. The fourth-order valence-electron chi connectivity index (χ4n) is 3.93. The molecule has 2 aromatic carbocycles. The zero-order valence-electron chi connectivity index (χ0n) is 13.3. The molecule has 3 atom stereocenters. The lowest BCUT2D eigenvalue weighted by Crippen LogP contribution is -2.29. The maximum absolute atomic E-state index is 6.35. The monoisotopic (exact) mass is 325 g/mol. The van der Waals surface area contributed by atoms with Gasteiger partial charge in [0, 0.05) is 16.6 Å². The minimum absolute atomic E-state index is 0.297. The van der Waals surface area contributed by atoms with E-state index in [1.165, 1.54) is 16.8 Å². The molecule has 2 nitrogen and oxygen atoms in total. The van der Waals surface area contributed by atoms with E-state index in [1.54, 1.807) is 7.11 Å². The van der Waals surface area contributed by atoms with Gasteiger partial charge in [-0.1, -0.05) is 42.0 Å². The molecule has 23 heavy (non-hydrogen) atoms. The molecular weight excluding hydrogens is 306 g/mol. The molecule has 1 heterocycles. The highest BCUT2D eigenvalue weighted by Crippen LogP contribution is 2.51. The van der Waals surface area contributed by atoms with Crippen molar-refractivity contribution in [3.8, 4) is 5.75 Å². The van der Waals surface area contributed by atoms with Gasteiger partial charge in [-0.3, -0.25) is 0 Å². The van der Waals surface area contributed by atoms with Crippen molar-refractivity contribution in [1.82, 2.24) is 0 Å². The van der Waals surface area contributed by atoms with Crippen LogP contribution in [0.4, 0.5) is 5.69 Å². The Kier molecular flexibility index (Phi) is 3.57. The van der Waals surface area contributed by atoms with Crippen LogP contribution in [0.2, 0.25) is 5.02 Å². The van der Waals surface area contributed by atoms with E-state index in [0.717, 1.165) is 22.8 Å². The quantitative estimate of drug-likeness (QED) is 0.738. The molecule has 0 saturated heterocycles. The Morgan fingerprint density at radius 1 is 1.13 bits per heavy atom. The van der Waals surface area contributed by atoms with Gasteiger partial charge in [-0.05, 0) is 54.2 Å². The third kappa shape index (κ3) is 2.33. The van der Waals surface area contributed by atoms with Crippen LogP contribution in [0.5, 0.6) is 5.75 Å². The van der Waals surface area contributed by atoms with E-state index < -0.39 is 0 Å². The molecule has 1 aliphatic carbocycles. The van der Waals surface area contributed by atoms with Crippen molar-refractivity contribution in [2.24, 2.45) is 5.92 Å². The molecule has 2 aromatic rings. The van der Waals surface area contributed by atoms with Crippen molar-refractivity contribution in [2.75, 3.05) is 12.4 Å². The van der Waals surface area contributed by atoms with Crippen molar-refractivity contribution in [3.05, 3.63) is 70.3 Å². The summed E-state index contributed by atoms with van der Waals surface area (Å²) in [5, 5.41) is 4.59. The van der Waals surface area contributed by atoms with Gasteiger partial charge in [-0.2, -0.15) is 0 Å².